The Hall–Kier alpha value is -3.06. The largest absolute Gasteiger partial charge is 0.497 e. The van der Waals surface area contributed by atoms with Crippen molar-refractivity contribution >= 4 is 17.5 Å². The first-order valence-corrected chi connectivity index (χ1v) is 11.2. The SMILES string of the molecule is COc1cccc(CN(CC2CCCO2)C(=O)COc2cccc(NC(=O)C3CC3)c2)c1. The van der Waals surface area contributed by atoms with Crippen molar-refractivity contribution in [2.75, 3.05) is 32.2 Å². The van der Waals surface area contributed by atoms with Crippen LogP contribution in [0.3, 0.4) is 0 Å². The molecule has 4 rings (SSSR count). The summed E-state index contributed by atoms with van der Waals surface area (Å²) in [5.41, 5.74) is 1.67. The molecule has 2 fully saturated rings. The first-order chi connectivity index (χ1) is 15.6. The average Bonchev–Trinajstić information content (AvgIpc) is 3.54. The fourth-order valence-electron chi connectivity index (χ4n) is 3.77. The van der Waals surface area contributed by atoms with E-state index >= 15 is 0 Å². The molecule has 1 saturated carbocycles. The molecule has 0 aromatic heterocycles. The second-order valence-electron chi connectivity index (χ2n) is 8.34. The number of anilines is 1. The lowest BCUT2D eigenvalue weighted by atomic mass is 10.1. The van der Waals surface area contributed by atoms with E-state index in [1.54, 1.807) is 24.1 Å². The summed E-state index contributed by atoms with van der Waals surface area (Å²) in [6, 6.07) is 14.9. The van der Waals surface area contributed by atoms with Gasteiger partial charge >= 0.3 is 0 Å². The molecule has 170 valence electrons. The summed E-state index contributed by atoms with van der Waals surface area (Å²) in [7, 11) is 1.63. The molecule has 1 atom stereocenters. The lowest BCUT2D eigenvalue weighted by Gasteiger charge is -2.26. The summed E-state index contributed by atoms with van der Waals surface area (Å²) in [6.45, 7) is 1.63. The smallest absolute Gasteiger partial charge is 0.260 e. The molecule has 1 heterocycles. The first kappa shape index (κ1) is 22.1. The molecule has 2 aliphatic rings. The van der Waals surface area contributed by atoms with Gasteiger partial charge in [0.05, 0.1) is 13.2 Å². The van der Waals surface area contributed by atoms with Gasteiger partial charge in [-0.15, -0.1) is 0 Å². The summed E-state index contributed by atoms with van der Waals surface area (Å²) < 4.78 is 16.9. The highest BCUT2D eigenvalue weighted by molar-refractivity contribution is 5.94. The normalized spacial score (nSPS) is 17.6. The van der Waals surface area contributed by atoms with Gasteiger partial charge in [0.2, 0.25) is 5.91 Å². The average molecular weight is 439 g/mol. The number of hydrogen-bond donors (Lipinski definition) is 1. The monoisotopic (exact) mass is 438 g/mol. The molecule has 0 bridgehead atoms. The molecule has 1 unspecified atom stereocenters. The van der Waals surface area contributed by atoms with Crippen LogP contribution in [0, 0.1) is 5.92 Å². The van der Waals surface area contributed by atoms with Gasteiger partial charge in [-0.2, -0.15) is 0 Å². The van der Waals surface area contributed by atoms with Crippen LogP contribution >= 0.6 is 0 Å². The number of nitrogens with one attached hydrogen (secondary N) is 1. The predicted octanol–water partition coefficient (Wildman–Crippen LogP) is 3.63. The topological polar surface area (TPSA) is 77.1 Å². The molecule has 2 aromatic rings. The van der Waals surface area contributed by atoms with Crippen molar-refractivity contribution < 1.29 is 23.8 Å². The zero-order valence-corrected chi connectivity index (χ0v) is 18.4. The van der Waals surface area contributed by atoms with Gasteiger partial charge in [-0.25, -0.2) is 0 Å². The Labute approximate surface area is 188 Å². The fraction of sp³-hybridized carbons (Fsp3) is 0.440. The Morgan fingerprint density at radius 1 is 1.09 bits per heavy atom. The van der Waals surface area contributed by atoms with Crippen LogP contribution in [0.2, 0.25) is 0 Å². The van der Waals surface area contributed by atoms with E-state index in [4.69, 9.17) is 14.2 Å². The van der Waals surface area contributed by atoms with E-state index in [1.165, 1.54) is 0 Å². The number of ether oxygens (including phenoxy) is 3. The third-order valence-electron chi connectivity index (χ3n) is 5.72. The first-order valence-electron chi connectivity index (χ1n) is 11.2. The van der Waals surface area contributed by atoms with Crippen molar-refractivity contribution in [3.05, 3.63) is 54.1 Å². The third kappa shape index (κ3) is 6.23. The minimum absolute atomic E-state index is 0.0410. The van der Waals surface area contributed by atoms with Crippen molar-refractivity contribution in [1.82, 2.24) is 4.90 Å². The number of methoxy groups -OCH3 is 1. The molecular formula is C25H30N2O5. The van der Waals surface area contributed by atoms with Gasteiger partial charge in [0.1, 0.15) is 11.5 Å². The summed E-state index contributed by atoms with van der Waals surface area (Å²) in [6.07, 6.45) is 3.91. The maximum Gasteiger partial charge on any atom is 0.260 e. The lowest BCUT2D eigenvalue weighted by Crippen LogP contribution is -2.39. The fourth-order valence-corrected chi connectivity index (χ4v) is 3.77. The van der Waals surface area contributed by atoms with E-state index in [9.17, 15) is 9.59 Å². The van der Waals surface area contributed by atoms with Crippen LogP contribution in [0.5, 0.6) is 11.5 Å². The Morgan fingerprint density at radius 3 is 2.66 bits per heavy atom. The molecule has 2 amide bonds. The van der Waals surface area contributed by atoms with Gasteiger partial charge in [0.25, 0.3) is 5.91 Å². The quantitative estimate of drug-likeness (QED) is 0.613. The number of amides is 2. The van der Waals surface area contributed by atoms with Crippen molar-refractivity contribution in [2.24, 2.45) is 5.92 Å². The van der Waals surface area contributed by atoms with Crippen LogP contribution in [0.4, 0.5) is 5.69 Å². The van der Waals surface area contributed by atoms with Crippen molar-refractivity contribution in [2.45, 2.75) is 38.3 Å². The van der Waals surface area contributed by atoms with Gasteiger partial charge in [0, 0.05) is 37.4 Å². The van der Waals surface area contributed by atoms with Crippen LogP contribution in [-0.4, -0.2) is 49.7 Å². The minimum Gasteiger partial charge on any atom is -0.497 e. The second-order valence-corrected chi connectivity index (χ2v) is 8.34. The zero-order valence-electron chi connectivity index (χ0n) is 18.4. The standard InChI is InChI=1S/C25H30N2O5/c1-30-21-7-2-5-18(13-21)15-27(16-23-9-4-12-31-23)24(28)17-32-22-8-3-6-20(14-22)26-25(29)19-10-11-19/h2-3,5-8,13-14,19,23H,4,9-12,15-17H2,1H3,(H,26,29). The molecule has 7 nitrogen and oxygen atoms in total. The van der Waals surface area contributed by atoms with E-state index in [2.05, 4.69) is 5.32 Å². The van der Waals surface area contributed by atoms with Crippen LogP contribution in [0.15, 0.2) is 48.5 Å². The summed E-state index contributed by atoms with van der Waals surface area (Å²) in [5.74, 6) is 1.36. The van der Waals surface area contributed by atoms with Gasteiger partial charge in [-0.3, -0.25) is 9.59 Å². The predicted molar refractivity (Wildman–Crippen MR) is 121 cm³/mol. The number of carbonyl (C=O) groups excluding carboxylic acids is 2. The van der Waals surface area contributed by atoms with Crippen LogP contribution in [-0.2, 0) is 20.9 Å². The zero-order chi connectivity index (χ0) is 22.3. The molecule has 32 heavy (non-hydrogen) atoms. The second kappa shape index (κ2) is 10.5. The van der Waals surface area contributed by atoms with Gasteiger partial charge in [-0.1, -0.05) is 18.2 Å². The number of hydrogen-bond acceptors (Lipinski definition) is 5. The van der Waals surface area contributed by atoms with Crippen LogP contribution in [0.25, 0.3) is 0 Å². The lowest BCUT2D eigenvalue weighted by molar-refractivity contribution is -0.135. The van der Waals surface area contributed by atoms with Gasteiger partial charge in [-0.05, 0) is 55.5 Å². The van der Waals surface area contributed by atoms with Crippen molar-refractivity contribution in [3.63, 3.8) is 0 Å². The molecule has 1 aliphatic heterocycles. The third-order valence-corrected chi connectivity index (χ3v) is 5.72. The van der Waals surface area contributed by atoms with Gasteiger partial charge in [0.15, 0.2) is 6.61 Å². The van der Waals surface area contributed by atoms with Gasteiger partial charge < -0.3 is 24.4 Å². The molecule has 1 aliphatic carbocycles. The van der Waals surface area contributed by atoms with Crippen LogP contribution in [0.1, 0.15) is 31.2 Å². The Morgan fingerprint density at radius 2 is 1.91 bits per heavy atom. The Kier molecular flexibility index (Phi) is 7.27. The number of carbonyl (C=O) groups is 2. The van der Waals surface area contributed by atoms with Crippen molar-refractivity contribution in [3.8, 4) is 11.5 Å². The highest BCUT2D eigenvalue weighted by atomic mass is 16.5. The minimum atomic E-state index is -0.115. The molecule has 0 radical (unpaired) electrons. The molecule has 1 saturated heterocycles. The van der Waals surface area contributed by atoms with Crippen LogP contribution < -0.4 is 14.8 Å². The van der Waals surface area contributed by atoms with E-state index < -0.39 is 0 Å². The number of benzene rings is 2. The molecular weight excluding hydrogens is 408 g/mol. The highest BCUT2D eigenvalue weighted by Crippen LogP contribution is 2.30. The summed E-state index contributed by atoms with van der Waals surface area (Å²) >= 11 is 0. The van der Waals surface area contributed by atoms with Crippen molar-refractivity contribution in [1.29, 1.82) is 0 Å². The Bertz CT molecular complexity index is 937. The molecule has 1 N–H and O–H groups in total. The highest BCUT2D eigenvalue weighted by Gasteiger charge is 2.29. The summed E-state index contributed by atoms with van der Waals surface area (Å²) in [4.78, 5) is 26.8. The molecule has 2 aromatic carbocycles. The van der Waals surface area contributed by atoms with E-state index in [-0.39, 0.29) is 30.4 Å². The molecule has 7 heteroatoms. The maximum absolute atomic E-state index is 13.1. The van der Waals surface area contributed by atoms with E-state index in [0.717, 1.165) is 43.6 Å². The van der Waals surface area contributed by atoms with E-state index in [1.807, 2.05) is 36.4 Å². The number of nitrogens with zero attached hydrogens (tertiary/aromatic N) is 1. The Balaban J connectivity index is 1.38. The molecule has 0 spiro atoms. The number of rotatable bonds is 10. The maximum atomic E-state index is 13.1. The van der Waals surface area contributed by atoms with E-state index in [0.29, 0.717) is 24.5 Å². The summed E-state index contributed by atoms with van der Waals surface area (Å²) in [5, 5.41) is 2.90.